The van der Waals surface area contributed by atoms with E-state index in [0.717, 1.165) is 29.2 Å². The van der Waals surface area contributed by atoms with Gasteiger partial charge in [0.25, 0.3) is 0 Å². The fraction of sp³-hybridized carbons (Fsp3) is 0.227. The summed E-state index contributed by atoms with van der Waals surface area (Å²) in [5.41, 5.74) is 2.29. The van der Waals surface area contributed by atoms with E-state index in [0.29, 0.717) is 25.1 Å². The van der Waals surface area contributed by atoms with Gasteiger partial charge in [-0.15, -0.1) is 10.2 Å². The van der Waals surface area contributed by atoms with E-state index in [4.69, 9.17) is 4.74 Å². The molecule has 4 rings (SSSR count). The number of halogens is 3. The fourth-order valence-electron chi connectivity index (χ4n) is 3.50. The van der Waals surface area contributed by atoms with Gasteiger partial charge >= 0.3 is 6.18 Å². The largest absolute Gasteiger partial charge is 0.471 e. The highest BCUT2D eigenvalue weighted by atomic mass is 19.4. The second-order valence-electron chi connectivity index (χ2n) is 6.99. The van der Waals surface area contributed by atoms with Crippen LogP contribution in [0.1, 0.15) is 22.5 Å². The van der Waals surface area contributed by atoms with E-state index < -0.39 is 11.9 Å². The van der Waals surface area contributed by atoms with Crippen LogP contribution in [0.5, 0.6) is 5.88 Å². The van der Waals surface area contributed by atoms with Crippen LogP contribution in [0, 0.1) is 0 Å². The average Bonchev–Trinajstić information content (AvgIpc) is 3.22. The van der Waals surface area contributed by atoms with Crippen molar-refractivity contribution >= 4 is 12.0 Å². The fourth-order valence-corrected chi connectivity index (χ4v) is 3.50. The first-order valence-corrected chi connectivity index (χ1v) is 9.41. The van der Waals surface area contributed by atoms with Crippen LogP contribution >= 0.6 is 0 Å². The zero-order valence-electron chi connectivity index (χ0n) is 15.8. The summed E-state index contributed by atoms with van der Waals surface area (Å²) in [5, 5.41) is 6.69. The van der Waals surface area contributed by atoms with Crippen LogP contribution < -0.4 is 9.64 Å². The topological polar surface area (TPSA) is 55.3 Å². The van der Waals surface area contributed by atoms with Gasteiger partial charge in [0.1, 0.15) is 6.10 Å². The molecule has 1 fully saturated rings. The number of anilines is 1. The van der Waals surface area contributed by atoms with Crippen molar-refractivity contribution in [1.82, 2.24) is 10.2 Å². The summed E-state index contributed by atoms with van der Waals surface area (Å²) < 4.78 is 43.5. The standard InChI is InChI=1S/C22H18F3N3O2/c23-22(24,25)20-8-9-21(27-26-20)30-18-10-11-28(13-18)19-7-6-16(12-17(19)14-29)15-4-2-1-3-5-15/h1-9,12,14,18H,10-11,13H2. The van der Waals surface area contributed by atoms with Crippen molar-refractivity contribution < 1.29 is 22.7 Å². The lowest BCUT2D eigenvalue weighted by molar-refractivity contribution is -0.141. The lowest BCUT2D eigenvalue weighted by Crippen LogP contribution is -2.25. The van der Waals surface area contributed by atoms with Crippen molar-refractivity contribution in [3.05, 3.63) is 71.9 Å². The molecule has 0 saturated carbocycles. The van der Waals surface area contributed by atoms with E-state index in [9.17, 15) is 18.0 Å². The van der Waals surface area contributed by atoms with E-state index in [-0.39, 0.29) is 12.0 Å². The number of ether oxygens (including phenoxy) is 1. The Balaban J connectivity index is 1.46. The number of rotatable bonds is 5. The van der Waals surface area contributed by atoms with Crippen molar-refractivity contribution in [3.8, 4) is 17.0 Å². The van der Waals surface area contributed by atoms with Gasteiger partial charge in [0.2, 0.25) is 5.88 Å². The lowest BCUT2D eigenvalue weighted by atomic mass is 10.0. The maximum Gasteiger partial charge on any atom is 0.435 e. The Hall–Kier alpha value is -3.42. The summed E-state index contributed by atoms with van der Waals surface area (Å²) in [5.74, 6) is 0.0462. The minimum Gasteiger partial charge on any atom is -0.471 e. The van der Waals surface area contributed by atoms with Crippen LogP contribution in [-0.4, -0.2) is 35.7 Å². The molecule has 154 valence electrons. The SMILES string of the molecule is O=Cc1cc(-c2ccccc2)ccc1N1CCC(Oc2ccc(C(F)(F)F)nn2)C1. The number of aromatic nitrogens is 2. The van der Waals surface area contributed by atoms with Crippen molar-refractivity contribution in [1.29, 1.82) is 0 Å². The van der Waals surface area contributed by atoms with Crippen LogP contribution in [-0.2, 0) is 6.18 Å². The van der Waals surface area contributed by atoms with Gasteiger partial charge in [-0.2, -0.15) is 13.2 Å². The maximum absolute atomic E-state index is 12.6. The minimum atomic E-state index is -4.53. The molecule has 1 aliphatic rings. The molecule has 8 heteroatoms. The predicted molar refractivity (Wildman–Crippen MR) is 106 cm³/mol. The summed E-state index contributed by atoms with van der Waals surface area (Å²) in [7, 11) is 0. The molecule has 1 saturated heterocycles. The summed E-state index contributed by atoms with van der Waals surface area (Å²) in [6.07, 6.45) is -3.31. The minimum absolute atomic E-state index is 0.0462. The molecule has 0 N–H and O–H groups in total. The van der Waals surface area contributed by atoms with E-state index in [1.165, 1.54) is 6.07 Å². The molecule has 5 nitrogen and oxygen atoms in total. The van der Waals surface area contributed by atoms with E-state index in [2.05, 4.69) is 10.2 Å². The molecule has 30 heavy (non-hydrogen) atoms. The van der Waals surface area contributed by atoms with E-state index in [1.54, 1.807) is 0 Å². The molecular weight excluding hydrogens is 395 g/mol. The smallest absolute Gasteiger partial charge is 0.435 e. The molecule has 0 amide bonds. The molecular formula is C22H18F3N3O2. The van der Waals surface area contributed by atoms with Gasteiger partial charge in [0.05, 0.1) is 6.54 Å². The highest BCUT2D eigenvalue weighted by molar-refractivity contribution is 5.87. The molecule has 1 aromatic heterocycles. The number of alkyl halides is 3. The van der Waals surface area contributed by atoms with Gasteiger partial charge < -0.3 is 9.64 Å². The highest BCUT2D eigenvalue weighted by Crippen LogP contribution is 2.30. The highest BCUT2D eigenvalue weighted by Gasteiger charge is 2.33. The molecule has 1 atom stereocenters. The molecule has 0 spiro atoms. The maximum atomic E-state index is 12.6. The number of aldehydes is 1. The molecule has 2 aromatic carbocycles. The van der Waals surface area contributed by atoms with Crippen LogP contribution in [0.25, 0.3) is 11.1 Å². The molecule has 0 radical (unpaired) electrons. The zero-order valence-corrected chi connectivity index (χ0v) is 15.8. The third-order valence-electron chi connectivity index (χ3n) is 4.97. The zero-order chi connectivity index (χ0) is 21.1. The van der Waals surface area contributed by atoms with Crippen molar-refractivity contribution in [3.63, 3.8) is 0 Å². The Morgan fingerprint density at radius 1 is 1.00 bits per heavy atom. The molecule has 3 aromatic rings. The summed E-state index contributed by atoms with van der Waals surface area (Å²) in [4.78, 5) is 13.7. The average molecular weight is 413 g/mol. The predicted octanol–water partition coefficient (Wildman–Crippen LogP) is 4.63. The first kappa shape index (κ1) is 19.9. The molecule has 1 unspecified atom stereocenters. The number of hydrogen-bond donors (Lipinski definition) is 0. The van der Waals surface area contributed by atoms with E-state index >= 15 is 0 Å². The third kappa shape index (κ3) is 4.27. The Bertz CT molecular complexity index is 1020. The Morgan fingerprint density at radius 2 is 1.80 bits per heavy atom. The van der Waals surface area contributed by atoms with Gasteiger partial charge in [-0.1, -0.05) is 36.4 Å². The van der Waals surface area contributed by atoms with E-state index in [1.807, 2.05) is 53.4 Å². The van der Waals surface area contributed by atoms with Gasteiger partial charge in [0, 0.05) is 30.3 Å². The first-order valence-electron chi connectivity index (χ1n) is 9.41. The van der Waals surface area contributed by atoms with Gasteiger partial charge in [-0.25, -0.2) is 0 Å². The van der Waals surface area contributed by atoms with Crippen LogP contribution in [0.3, 0.4) is 0 Å². The van der Waals surface area contributed by atoms with Gasteiger partial charge in [-0.05, 0) is 29.3 Å². The van der Waals surface area contributed by atoms with Gasteiger partial charge in [-0.3, -0.25) is 4.79 Å². The summed E-state index contributed by atoms with van der Waals surface area (Å²) >= 11 is 0. The Morgan fingerprint density at radius 3 is 2.47 bits per heavy atom. The normalized spacial score (nSPS) is 16.5. The lowest BCUT2D eigenvalue weighted by Gasteiger charge is -2.21. The quantitative estimate of drug-likeness (QED) is 0.571. The van der Waals surface area contributed by atoms with Gasteiger partial charge in [0.15, 0.2) is 12.0 Å². The molecule has 2 heterocycles. The molecule has 1 aliphatic heterocycles. The van der Waals surface area contributed by atoms with Crippen LogP contribution in [0.4, 0.5) is 18.9 Å². The monoisotopic (exact) mass is 413 g/mol. The second kappa shape index (κ2) is 8.14. The van der Waals surface area contributed by atoms with Crippen molar-refractivity contribution in [2.75, 3.05) is 18.0 Å². The third-order valence-corrected chi connectivity index (χ3v) is 4.97. The number of hydrogen-bond acceptors (Lipinski definition) is 5. The molecule has 0 bridgehead atoms. The summed E-state index contributed by atoms with van der Waals surface area (Å²) in [6, 6.07) is 17.5. The van der Waals surface area contributed by atoms with Crippen molar-refractivity contribution in [2.45, 2.75) is 18.7 Å². The second-order valence-corrected chi connectivity index (χ2v) is 6.99. The van der Waals surface area contributed by atoms with Crippen LogP contribution in [0.2, 0.25) is 0 Å². The van der Waals surface area contributed by atoms with Crippen molar-refractivity contribution in [2.24, 2.45) is 0 Å². The first-order chi connectivity index (χ1) is 14.4. The summed E-state index contributed by atoms with van der Waals surface area (Å²) in [6.45, 7) is 1.15. The number of benzene rings is 2. The number of carbonyl (C=O) groups excluding carboxylic acids is 1. The molecule has 0 aliphatic carbocycles. The Kier molecular flexibility index (Phi) is 5.39. The number of carbonyl (C=O) groups is 1. The number of nitrogens with zero attached hydrogens (tertiary/aromatic N) is 3. The van der Waals surface area contributed by atoms with Crippen LogP contribution in [0.15, 0.2) is 60.7 Å². The Labute approximate surface area is 171 Å².